The third kappa shape index (κ3) is 2.29. The molecular formula is C18H12N6O. The minimum atomic E-state index is 0.338. The summed E-state index contributed by atoms with van der Waals surface area (Å²) in [6.45, 7) is 0. The van der Waals surface area contributed by atoms with Crippen molar-refractivity contribution in [2.75, 3.05) is 0 Å². The predicted octanol–water partition coefficient (Wildman–Crippen LogP) is 3.47. The van der Waals surface area contributed by atoms with Crippen molar-refractivity contribution in [3.63, 3.8) is 0 Å². The molecule has 0 aliphatic rings. The van der Waals surface area contributed by atoms with Gasteiger partial charge in [-0.3, -0.25) is 0 Å². The van der Waals surface area contributed by atoms with Crippen LogP contribution in [-0.2, 0) is 0 Å². The summed E-state index contributed by atoms with van der Waals surface area (Å²) in [6.07, 6.45) is 3.66. The number of aromatic nitrogens is 6. The molecule has 0 aliphatic carbocycles. The first-order valence-electron chi connectivity index (χ1n) is 7.77. The topological polar surface area (TPSA) is 85.4 Å². The number of aromatic amines is 1. The number of rotatable bonds is 3. The van der Waals surface area contributed by atoms with Crippen LogP contribution in [0.5, 0.6) is 0 Å². The van der Waals surface area contributed by atoms with Crippen LogP contribution >= 0.6 is 0 Å². The molecule has 0 unspecified atom stereocenters. The highest BCUT2D eigenvalue weighted by Crippen LogP contribution is 2.27. The molecule has 0 spiro atoms. The quantitative estimate of drug-likeness (QED) is 0.548. The Morgan fingerprint density at radius 2 is 1.88 bits per heavy atom. The molecule has 1 N–H and O–H groups in total. The lowest BCUT2D eigenvalue weighted by Gasteiger charge is -1.96. The highest BCUT2D eigenvalue weighted by Gasteiger charge is 2.16. The SMILES string of the molecule is c1ccc(-n2cc(-c3nc(-c4cccc5[nH]ccc45)no3)nn2)cc1. The Labute approximate surface area is 141 Å². The van der Waals surface area contributed by atoms with E-state index in [1.165, 1.54) is 0 Å². The third-order valence-electron chi connectivity index (χ3n) is 4.00. The molecule has 0 saturated heterocycles. The maximum Gasteiger partial charge on any atom is 0.280 e. The Balaban J connectivity index is 1.53. The van der Waals surface area contributed by atoms with Crippen molar-refractivity contribution < 1.29 is 4.52 Å². The van der Waals surface area contributed by atoms with Crippen molar-refractivity contribution in [1.29, 1.82) is 0 Å². The fourth-order valence-corrected chi connectivity index (χ4v) is 2.79. The maximum atomic E-state index is 5.39. The second kappa shape index (κ2) is 5.41. The third-order valence-corrected chi connectivity index (χ3v) is 4.00. The molecule has 3 aromatic heterocycles. The van der Waals surface area contributed by atoms with Crippen molar-refractivity contribution in [3.05, 3.63) is 67.0 Å². The lowest BCUT2D eigenvalue weighted by atomic mass is 10.1. The number of hydrogen-bond acceptors (Lipinski definition) is 5. The minimum Gasteiger partial charge on any atom is -0.361 e. The average molecular weight is 328 g/mol. The maximum absolute atomic E-state index is 5.39. The van der Waals surface area contributed by atoms with Crippen LogP contribution in [0.3, 0.4) is 0 Å². The molecule has 0 fully saturated rings. The summed E-state index contributed by atoms with van der Waals surface area (Å²) in [6, 6.07) is 17.7. The van der Waals surface area contributed by atoms with Gasteiger partial charge in [0.05, 0.1) is 11.9 Å². The molecule has 0 saturated carbocycles. The molecule has 2 aromatic carbocycles. The standard InChI is InChI=1S/C18H12N6O/c1-2-5-12(6-3-1)24-11-16(21-23-24)18-20-17(22-25-18)14-7-4-8-15-13(14)9-10-19-15/h1-11,19H. The van der Waals surface area contributed by atoms with E-state index >= 15 is 0 Å². The van der Waals surface area contributed by atoms with E-state index in [0.717, 1.165) is 22.2 Å². The summed E-state index contributed by atoms with van der Waals surface area (Å²) < 4.78 is 7.07. The summed E-state index contributed by atoms with van der Waals surface area (Å²) in [5.74, 6) is 0.860. The molecule has 0 aliphatic heterocycles. The van der Waals surface area contributed by atoms with E-state index in [2.05, 4.69) is 25.4 Å². The molecule has 3 heterocycles. The van der Waals surface area contributed by atoms with Crippen LogP contribution in [0.25, 0.3) is 39.6 Å². The van der Waals surface area contributed by atoms with Crippen LogP contribution < -0.4 is 0 Å². The number of nitrogens with zero attached hydrogens (tertiary/aromatic N) is 5. The second-order valence-corrected chi connectivity index (χ2v) is 5.55. The number of hydrogen-bond donors (Lipinski definition) is 1. The van der Waals surface area contributed by atoms with Gasteiger partial charge in [0.15, 0.2) is 5.69 Å². The van der Waals surface area contributed by atoms with Crippen LogP contribution in [0.4, 0.5) is 0 Å². The van der Waals surface area contributed by atoms with Crippen molar-refractivity contribution in [2.45, 2.75) is 0 Å². The van der Waals surface area contributed by atoms with E-state index < -0.39 is 0 Å². The summed E-state index contributed by atoms with van der Waals surface area (Å²) >= 11 is 0. The summed E-state index contributed by atoms with van der Waals surface area (Å²) in [5.41, 5.74) is 3.38. The highest BCUT2D eigenvalue weighted by atomic mass is 16.5. The van der Waals surface area contributed by atoms with Gasteiger partial charge in [0.2, 0.25) is 5.82 Å². The molecule has 5 rings (SSSR count). The van der Waals surface area contributed by atoms with Gasteiger partial charge < -0.3 is 9.51 Å². The average Bonchev–Trinajstić information content (AvgIpc) is 3.40. The summed E-state index contributed by atoms with van der Waals surface area (Å²) in [7, 11) is 0. The smallest absolute Gasteiger partial charge is 0.280 e. The van der Waals surface area contributed by atoms with Gasteiger partial charge in [-0.1, -0.05) is 40.7 Å². The van der Waals surface area contributed by atoms with Crippen molar-refractivity contribution >= 4 is 10.9 Å². The van der Waals surface area contributed by atoms with Crippen LogP contribution in [0.1, 0.15) is 0 Å². The molecule has 7 nitrogen and oxygen atoms in total. The van der Waals surface area contributed by atoms with E-state index in [9.17, 15) is 0 Å². The Morgan fingerprint density at radius 1 is 0.960 bits per heavy atom. The van der Waals surface area contributed by atoms with E-state index in [1.807, 2.05) is 60.8 Å². The van der Waals surface area contributed by atoms with Crippen molar-refractivity contribution in [1.82, 2.24) is 30.1 Å². The predicted molar refractivity (Wildman–Crippen MR) is 91.9 cm³/mol. The van der Waals surface area contributed by atoms with Gasteiger partial charge in [-0.05, 0) is 24.3 Å². The Hall–Kier alpha value is -3.74. The van der Waals surface area contributed by atoms with E-state index in [4.69, 9.17) is 4.52 Å². The summed E-state index contributed by atoms with van der Waals surface area (Å²) in [4.78, 5) is 7.66. The normalized spacial score (nSPS) is 11.2. The lowest BCUT2D eigenvalue weighted by Crippen LogP contribution is -1.93. The molecule has 0 atom stereocenters. The molecule has 25 heavy (non-hydrogen) atoms. The van der Waals surface area contributed by atoms with Crippen LogP contribution in [0, 0.1) is 0 Å². The fourth-order valence-electron chi connectivity index (χ4n) is 2.79. The minimum absolute atomic E-state index is 0.338. The second-order valence-electron chi connectivity index (χ2n) is 5.55. The molecule has 0 radical (unpaired) electrons. The molecule has 120 valence electrons. The van der Waals surface area contributed by atoms with E-state index in [-0.39, 0.29) is 0 Å². The zero-order valence-electron chi connectivity index (χ0n) is 13.0. The Bertz CT molecular complexity index is 1150. The Morgan fingerprint density at radius 3 is 2.80 bits per heavy atom. The molecule has 7 heteroatoms. The summed E-state index contributed by atoms with van der Waals surface area (Å²) in [5, 5.41) is 13.4. The number of benzene rings is 2. The number of H-pyrrole nitrogens is 1. The van der Waals surface area contributed by atoms with Crippen LogP contribution in [0.2, 0.25) is 0 Å². The zero-order chi connectivity index (χ0) is 16.6. The monoisotopic (exact) mass is 328 g/mol. The molecule has 0 bridgehead atoms. The number of para-hydroxylation sites is 1. The molecule has 5 aromatic rings. The molecular weight excluding hydrogens is 316 g/mol. The first-order chi connectivity index (χ1) is 12.4. The zero-order valence-corrected chi connectivity index (χ0v) is 13.0. The fraction of sp³-hybridized carbons (Fsp3) is 0. The van der Waals surface area contributed by atoms with E-state index in [0.29, 0.717) is 17.4 Å². The Kier molecular flexibility index (Phi) is 2.96. The van der Waals surface area contributed by atoms with Crippen LogP contribution in [-0.4, -0.2) is 30.1 Å². The largest absolute Gasteiger partial charge is 0.361 e. The number of fused-ring (bicyclic) bond motifs is 1. The van der Waals surface area contributed by atoms with Gasteiger partial charge in [0, 0.05) is 22.7 Å². The van der Waals surface area contributed by atoms with Crippen molar-refractivity contribution in [3.8, 4) is 28.7 Å². The van der Waals surface area contributed by atoms with Crippen molar-refractivity contribution in [2.24, 2.45) is 0 Å². The van der Waals surface area contributed by atoms with Gasteiger partial charge in [-0.25, -0.2) is 4.68 Å². The first kappa shape index (κ1) is 13.7. The van der Waals surface area contributed by atoms with Gasteiger partial charge in [0.25, 0.3) is 5.89 Å². The first-order valence-corrected chi connectivity index (χ1v) is 7.77. The van der Waals surface area contributed by atoms with Gasteiger partial charge in [0.1, 0.15) is 0 Å². The molecule has 0 amide bonds. The van der Waals surface area contributed by atoms with Gasteiger partial charge in [-0.2, -0.15) is 4.98 Å². The highest BCUT2D eigenvalue weighted by molar-refractivity contribution is 5.93. The van der Waals surface area contributed by atoms with Gasteiger partial charge >= 0.3 is 0 Å². The lowest BCUT2D eigenvalue weighted by molar-refractivity contribution is 0.431. The van der Waals surface area contributed by atoms with Crippen LogP contribution in [0.15, 0.2) is 71.5 Å². The number of nitrogens with one attached hydrogen (secondary N) is 1. The van der Waals surface area contributed by atoms with E-state index in [1.54, 1.807) is 10.9 Å². The van der Waals surface area contributed by atoms with Gasteiger partial charge in [-0.15, -0.1) is 5.10 Å².